The van der Waals surface area contributed by atoms with Gasteiger partial charge in [-0.15, -0.1) is 0 Å². The fourth-order valence-electron chi connectivity index (χ4n) is 3.53. The number of unbranched alkanes of at least 4 members (excludes halogenated alkanes) is 1. The molecule has 18 heavy (non-hydrogen) atoms. The smallest absolute Gasteiger partial charge is 0.00161 e. The number of piperidine rings is 2. The Morgan fingerprint density at radius 1 is 0.944 bits per heavy atom. The lowest BCUT2D eigenvalue weighted by Gasteiger charge is -2.33. The molecule has 2 aliphatic rings. The average molecular weight is 252 g/mol. The lowest BCUT2D eigenvalue weighted by molar-refractivity contribution is 0.163. The summed E-state index contributed by atoms with van der Waals surface area (Å²) in [6.45, 7) is 8.94. The van der Waals surface area contributed by atoms with E-state index in [-0.39, 0.29) is 0 Å². The first-order chi connectivity index (χ1) is 8.88. The van der Waals surface area contributed by atoms with Gasteiger partial charge in [-0.3, -0.25) is 0 Å². The second-order valence-electron chi connectivity index (χ2n) is 6.41. The van der Waals surface area contributed by atoms with E-state index in [0.29, 0.717) is 0 Å². The maximum Gasteiger partial charge on any atom is -0.00161 e. The van der Waals surface area contributed by atoms with E-state index in [1.54, 1.807) is 0 Å². The summed E-state index contributed by atoms with van der Waals surface area (Å²) in [5, 5.41) is 3.46. The van der Waals surface area contributed by atoms with Crippen molar-refractivity contribution in [2.24, 2.45) is 11.8 Å². The van der Waals surface area contributed by atoms with E-state index in [9.17, 15) is 0 Å². The summed E-state index contributed by atoms with van der Waals surface area (Å²) in [5.41, 5.74) is 0. The molecule has 0 unspecified atom stereocenters. The summed E-state index contributed by atoms with van der Waals surface area (Å²) >= 11 is 0. The molecule has 2 fully saturated rings. The van der Waals surface area contributed by atoms with Crippen LogP contribution in [0.2, 0.25) is 0 Å². The number of rotatable bonds is 6. The molecule has 0 bridgehead atoms. The Kier molecular flexibility index (Phi) is 6.50. The predicted molar refractivity (Wildman–Crippen MR) is 78.9 cm³/mol. The monoisotopic (exact) mass is 252 g/mol. The van der Waals surface area contributed by atoms with E-state index in [4.69, 9.17) is 0 Å². The predicted octanol–water partition coefficient (Wildman–Crippen LogP) is 3.28. The molecule has 0 saturated carbocycles. The van der Waals surface area contributed by atoms with Crippen molar-refractivity contribution >= 4 is 0 Å². The number of likely N-dealkylation sites (tertiary alicyclic amines) is 1. The third-order valence-electron chi connectivity index (χ3n) is 4.99. The fourth-order valence-corrected chi connectivity index (χ4v) is 3.53. The molecule has 0 aromatic carbocycles. The number of hydrogen-bond acceptors (Lipinski definition) is 2. The van der Waals surface area contributed by atoms with Crippen LogP contribution in [0.3, 0.4) is 0 Å². The van der Waals surface area contributed by atoms with E-state index in [1.165, 1.54) is 84.1 Å². The number of nitrogens with zero attached hydrogens (tertiary/aromatic N) is 1. The SMILES string of the molecule is CCCCC1CCN(CCC2CCNCC2)CC1. The summed E-state index contributed by atoms with van der Waals surface area (Å²) < 4.78 is 0. The summed E-state index contributed by atoms with van der Waals surface area (Å²) in [7, 11) is 0. The molecular weight excluding hydrogens is 220 g/mol. The first-order valence-corrected chi connectivity index (χ1v) is 8.31. The molecule has 0 aliphatic carbocycles. The lowest BCUT2D eigenvalue weighted by atomic mass is 9.90. The molecule has 0 aromatic rings. The highest BCUT2D eigenvalue weighted by atomic mass is 15.1. The molecule has 2 aliphatic heterocycles. The van der Waals surface area contributed by atoms with Gasteiger partial charge in [0.25, 0.3) is 0 Å². The third kappa shape index (κ3) is 4.89. The van der Waals surface area contributed by atoms with Crippen LogP contribution in [0.15, 0.2) is 0 Å². The van der Waals surface area contributed by atoms with Crippen LogP contribution in [0, 0.1) is 11.8 Å². The van der Waals surface area contributed by atoms with E-state index in [0.717, 1.165) is 11.8 Å². The first-order valence-electron chi connectivity index (χ1n) is 8.31. The van der Waals surface area contributed by atoms with Gasteiger partial charge in [-0.2, -0.15) is 0 Å². The molecule has 106 valence electrons. The van der Waals surface area contributed by atoms with Crippen molar-refractivity contribution in [1.82, 2.24) is 10.2 Å². The first kappa shape index (κ1) is 14.3. The van der Waals surface area contributed by atoms with Crippen molar-refractivity contribution in [3.05, 3.63) is 0 Å². The van der Waals surface area contributed by atoms with Gasteiger partial charge >= 0.3 is 0 Å². The Morgan fingerprint density at radius 2 is 1.61 bits per heavy atom. The van der Waals surface area contributed by atoms with Crippen LogP contribution < -0.4 is 5.32 Å². The van der Waals surface area contributed by atoms with Crippen LogP contribution in [-0.4, -0.2) is 37.6 Å². The van der Waals surface area contributed by atoms with Gasteiger partial charge in [0.1, 0.15) is 0 Å². The molecule has 2 nitrogen and oxygen atoms in total. The summed E-state index contributed by atoms with van der Waals surface area (Å²) in [5.74, 6) is 2.05. The molecule has 2 heteroatoms. The van der Waals surface area contributed by atoms with Crippen molar-refractivity contribution in [1.29, 1.82) is 0 Å². The van der Waals surface area contributed by atoms with E-state index < -0.39 is 0 Å². The van der Waals surface area contributed by atoms with Crippen LogP contribution in [0.5, 0.6) is 0 Å². The Bertz CT molecular complexity index is 203. The van der Waals surface area contributed by atoms with Gasteiger partial charge in [0.15, 0.2) is 0 Å². The van der Waals surface area contributed by atoms with Gasteiger partial charge in [-0.25, -0.2) is 0 Å². The quantitative estimate of drug-likeness (QED) is 0.780. The highest BCUT2D eigenvalue weighted by molar-refractivity contribution is 4.75. The Labute approximate surface area is 114 Å². The standard InChI is InChI=1S/C16H32N2/c1-2-3-4-15-7-12-18(13-8-15)14-9-16-5-10-17-11-6-16/h15-17H,2-14H2,1H3. The highest BCUT2D eigenvalue weighted by Crippen LogP contribution is 2.24. The topological polar surface area (TPSA) is 15.3 Å². The molecule has 0 atom stereocenters. The second kappa shape index (κ2) is 8.16. The maximum absolute atomic E-state index is 3.46. The van der Waals surface area contributed by atoms with Gasteiger partial charge < -0.3 is 10.2 Å². The molecule has 2 heterocycles. The van der Waals surface area contributed by atoms with Crippen molar-refractivity contribution in [2.45, 2.75) is 58.3 Å². The van der Waals surface area contributed by atoms with Crippen LogP contribution in [0.25, 0.3) is 0 Å². The maximum atomic E-state index is 3.46. The molecule has 0 aromatic heterocycles. The van der Waals surface area contributed by atoms with Gasteiger partial charge in [-0.05, 0) is 76.7 Å². The summed E-state index contributed by atoms with van der Waals surface area (Å²) in [4.78, 5) is 2.73. The van der Waals surface area contributed by atoms with E-state index in [2.05, 4.69) is 17.1 Å². The number of nitrogens with one attached hydrogen (secondary N) is 1. The van der Waals surface area contributed by atoms with Crippen molar-refractivity contribution in [2.75, 3.05) is 32.7 Å². The van der Waals surface area contributed by atoms with Crippen molar-refractivity contribution < 1.29 is 0 Å². The summed E-state index contributed by atoms with van der Waals surface area (Å²) in [6, 6.07) is 0. The van der Waals surface area contributed by atoms with E-state index in [1.807, 2.05) is 0 Å². The molecule has 0 amide bonds. The van der Waals surface area contributed by atoms with Gasteiger partial charge in [0, 0.05) is 0 Å². The third-order valence-corrected chi connectivity index (χ3v) is 4.99. The fraction of sp³-hybridized carbons (Fsp3) is 1.00. The zero-order valence-corrected chi connectivity index (χ0v) is 12.3. The zero-order chi connectivity index (χ0) is 12.6. The number of hydrogen-bond donors (Lipinski definition) is 1. The Hall–Kier alpha value is -0.0800. The van der Waals surface area contributed by atoms with Crippen LogP contribution in [0.1, 0.15) is 58.3 Å². The average Bonchev–Trinajstić information content (AvgIpc) is 2.45. The molecule has 2 rings (SSSR count). The minimum absolute atomic E-state index is 1.00. The summed E-state index contributed by atoms with van der Waals surface area (Å²) in [6.07, 6.45) is 11.5. The normalized spacial score (nSPS) is 24.5. The highest BCUT2D eigenvalue weighted by Gasteiger charge is 2.20. The molecule has 0 spiro atoms. The Balaban J connectivity index is 1.55. The minimum atomic E-state index is 1.00. The van der Waals surface area contributed by atoms with Gasteiger partial charge in [0.2, 0.25) is 0 Å². The molecule has 1 N–H and O–H groups in total. The van der Waals surface area contributed by atoms with Gasteiger partial charge in [-0.1, -0.05) is 26.2 Å². The van der Waals surface area contributed by atoms with Crippen LogP contribution >= 0.6 is 0 Å². The molecule has 2 saturated heterocycles. The van der Waals surface area contributed by atoms with Gasteiger partial charge in [0.05, 0.1) is 0 Å². The van der Waals surface area contributed by atoms with Crippen LogP contribution in [0.4, 0.5) is 0 Å². The largest absolute Gasteiger partial charge is 0.317 e. The lowest BCUT2D eigenvalue weighted by Crippen LogP contribution is -2.36. The van der Waals surface area contributed by atoms with E-state index >= 15 is 0 Å². The van der Waals surface area contributed by atoms with Crippen LogP contribution in [-0.2, 0) is 0 Å². The Morgan fingerprint density at radius 3 is 2.28 bits per heavy atom. The molecule has 0 radical (unpaired) electrons. The van der Waals surface area contributed by atoms with Crippen molar-refractivity contribution in [3.8, 4) is 0 Å². The zero-order valence-electron chi connectivity index (χ0n) is 12.3. The minimum Gasteiger partial charge on any atom is -0.317 e. The van der Waals surface area contributed by atoms with Crippen molar-refractivity contribution in [3.63, 3.8) is 0 Å². The molecular formula is C16H32N2. The second-order valence-corrected chi connectivity index (χ2v) is 6.41.